The van der Waals surface area contributed by atoms with E-state index in [-0.39, 0.29) is 24.4 Å². The van der Waals surface area contributed by atoms with Gasteiger partial charge >= 0.3 is 6.03 Å². The molecule has 2 aliphatic rings. The van der Waals surface area contributed by atoms with E-state index in [2.05, 4.69) is 17.6 Å². The topological polar surface area (TPSA) is 79.9 Å². The highest BCUT2D eigenvalue weighted by Crippen LogP contribution is 2.35. The van der Waals surface area contributed by atoms with Gasteiger partial charge in [0.2, 0.25) is 5.91 Å². The van der Waals surface area contributed by atoms with Gasteiger partial charge in [-0.3, -0.25) is 4.79 Å². The second kappa shape index (κ2) is 9.07. The van der Waals surface area contributed by atoms with E-state index >= 15 is 0 Å². The molecule has 0 bridgehead atoms. The molecule has 1 saturated heterocycles. The molecule has 0 radical (unpaired) electrons. The van der Waals surface area contributed by atoms with Crippen molar-refractivity contribution < 1.29 is 19.1 Å². The number of ether oxygens (including phenoxy) is 2. The number of nitrogens with zero attached hydrogens (tertiary/aromatic N) is 1. The largest absolute Gasteiger partial charge is 0.486 e. The summed E-state index contributed by atoms with van der Waals surface area (Å²) in [5.74, 6) is 1.30. The molecule has 30 heavy (non-hydrogen) atoms. The molecular weight excluding hydrogens is 382 g/mol. The SMILES string of the molecule is CCCCc1ccc(NC(=O)N[C@@H]2CC(=O)N(c3ccc4c(c3)OCCO4)C2)cc1. The smallest absolute Gasteiger partial charge is 0.319 e. The van der Waals surface area contributed by atoms with Crippen molar-refractivity contribution in [2.24, 2.45) is 0 Å². The quantitative estimate of drug-likeness (QED) is 0.762. The van der Waals surface area contributed by atoms with Crippen molar-refractivity contribution >= 4 is 23.3 Å². The summed E-state index contributed by atoms with van der Waals surface area (Å²) in [4.78, 5) is 26.5. The number of fused-ring (bicyclic) bond motifs is 1. The normalized spacial score (nSPS) is 17.7. The van der Waals surface area contributed by atoms with Gasteiger partial charge in [0, 0.05) is 30.4 Å². The predicted octanol–water partition coefficient (Wildman–Crippen LogP) is 3.73. The third kappa shape index (κ3) is 4.67. The van der Waals surface area contributed by atoms with Crippen LogP contribution in [0.2, 0.25) is 0 Å². The lowest BCUT2D eigenvalue weighted by molar-refractivity contribution is -0.117. The maximum Gasteiger partial charge on any atom is 0.319 e. The van der Waals surface area contributed by atoms with Gasteiger partial charge in [-0.05, 0) is 42.7 Å². The number of nitrogens with one attached hydrogen (secondary N) is 2. The van der Waals surface area contributed by atoms with Crippen molar-refractivity contribution in [3.63, 3.8) is 0 Å². The van der Waals surface area contributed by atoms with Crippen LogP contribution < -0.4 is 25.0 Å². The number of urea groups is 1. The Bertz CT molecular complexity index is 913. The van der Waals surface area contributed by atoms with Gasteiger partial charge in [0.05, 0.1) is 6.04 Å². The lowest BCUT2D eigenvalue weighted by Crippen LogP contribution is -2.39. The summed E-state index contributed by atoms with van der Waals surface area (Å²) in [5.41, 5.74) is 2.75. The Hall–Kier alpha value is -3.22. The van der Waals surface area contributed by atoms with Gasteiger partial charge in [-0.15, -0.1) is 0 Å². The fourth-order valence-electron chi connectivity index (χ4n) is 3.74. The minimum atomic E-state index is -0.307. The number of aryl methyl sites for hydroxylation is 1. The Morgan fingerprint density at radius 3 is 2.63 bits per heavy atom. The van der Waals surface area contributed by atoms with E-state index in [1.165, 1.54) is 5.56 Å². The average molecular weight is 409 g/mol. The first kappa shape index (κ1) is 20.1. The molecule has 7 heteroatoms. The van der Waals surface area contributed by atoms with Crippen LogP contribution in [0, 0.1) is 0 Å². The van der Waals surface area contributed by atoms with Crippen LogP contribution >= 0.6 is 0 Å². The molecule has 2 N–H and O–H groups in total. The number of anilines is 2. The Labute approximate surface area is 176 Å². The molecule has 2 aromatic carbocycles. The van der Waals surface area contributed by atoms with Crippen LogP contribution in [-0.4, -0.2) is 37.7 Å². The zero-order valence-corrected chi connectivity index (χ0v) is 17.1. The number of carbonyl (C=O) groups is 2. The minimum Gasteiger partial charge on any atom is -0.486 e. The number of rotatable bonds is 6. The predicted molar refractivity (Wildman–Crippen MR) is 115 cm³/mol. The van der Waals surface area contributed by atoms with E-state index in [1.54, 1.807) is 4.90 Å². The fraction of sp³-hybridized carbons (Fsp3) is 0.391. The summed E-state index contributed by atoms with van der Waals surface area (Å²) >= 11 is 0. The lowest BCUT2D eigenvalue weighted by atomic mass is 10.1. The number of unbranched alkanes of at least 4 members (excludes halogenated alkanes) is 1. The standard InChI is InChI=1S/C23H27N3O4/c1-2-3-4-16-5-7-17(8-6-16)24-23(28)25-18-13-22(27)26(15-18)19-9-10-20-21(14-19)30-12-11-29-20/h5-10,14,18H,2-4,11-13,15H2,1H3,(H2,24,25,28)/t18-/m1/s1. The number of hydrogen-bond acceptors (Lipinski definition) is 4. The zero-order valence-electron chi connectivity index (χ0n) is 17.1. The second-order valence-electron chi connectivity index (χ2n) is 7.63. The summed E-state index contributed by atoms with van der Waals surface area (Å²) in [6.45, 7) is 3.61. The second-order valence-corrected chi connectivity index (χ2v) is 7.63. The first-order valence-electron chi connectivity index (χ1n) is 10.5. The van der Waals surface area contributed by atoms with Crippen molar-refractivity contribution in [2.75, 3.05) is 30.0 Å². The first-order chi connectivity index (χ1) is 14.6. The van der Waals surface area contributed by atoms with Crippen LogP contribution in [-0.2, 0) is 11.2 Å². The molecule has 2 heterocycles. The van der Waals surface area contributed by atoms with Crippen LogP contribution in [0.3, 0.4) is 0 Å². The van der Waals surface area contributed by atoms with E-state index in [1.807, 2.05) is 42.5 Å². The molecule has 158 valence electrons. The summed E-state index contributed by atoms with van der Waals surface area (Å²) in [5, 5.41) is 5.75. The molecule has 3 amide bonds. The minimum absolute atomic E-state index is 0.0303. The molecule has 0 aromatic heterocycles. The van der Waals surface area contributed by atoms with E-state index in [0.717, 1.165) is 30.6 Å². The highest BCUT2D eigenvalue weighted by atomic mass is 16.6. The molecule has 2 aliphatic heterocycles. The summed E-state index contributed by atoms with van der Waals surface area (Å²) in [6, 6.07) is 12.8. The summed E-state index contributed by atoms with van der Waals surface area (Å²) < 4.78 is 11.1. The number of hydrogen-bond donors (Lipinski definition) is 2. The van der Waals surface area contributed by atoms with Gasteiger partial charge in [0.1, 0.15) is 13.2 Å². The number of carbonyl (C=O) groups excluding carboxylic acids is 2. The Morgan fingerprint density at radius 2 is 1.87 bits per heavy atom. The molecule has 1 fully saturated rings. The Kier molecular flexibility index (Phi) is 6.07. The van der Waals surface area contributed by atoms with E-state index < -0.39 is 0 Å². The number of amides is 3. The molecular formula is C23H27N3O4. The van der Waals surface area contributed by atoms with Crippen molar-refractivity contribution in [3.8, 4) is 11.5 Å². The van der Waals surface area contributed by atoms with Gasteiger partial charge in [0.25, 0.3) is 0 Å². The van der Waals surface area contributed by atoms with E-state index in [0.29, 0.717) is 31.3 Å². The van der Waals surface area contributed by atoms with E-state index in [9.17, 15) is 9.59 Å². The third-order valence-electron chi connectivity index (χ3n) is 5.33. The molecule has 7 nitrogen and oxygen atoms in total. The maximum atomic E-state index is 12.5. The van der Waals surface area contributed by atoms with Gasteiger partial charge in [0.15, 0.2) is 11.5 Å². The Morgan fingerprint density at radius 1 is 1.10 bits per heavy atom. The molecule has 2 aromatic rings. The summed E-state index contributed by atoms with van der Waals surface area (Å²) in [6.07, 6.45) is 3.62. The van der Waals surface area contributed by atoms with Crippen LogP contribution in [0.5, 0.6) is 11.5 Å². The highest BCUT2D eigenvalue weighted by molar-refractivity contribution is 5.98. The average Bonchev–Trinajstić information content (AvgIpc) is 3.12. The maximum absolute atomic E-state index is 12.5. The van der Waals surface area contributed by atoms with E-state index in [4.69, 9.17) is 9.47 Å². The molecule has 0 aliphatic carbocycles. The molecule has 0 saturated carbocycles. The monoisotopic (exact) mass is 409 g/mol. The van der Waals surface area contributed by atoms with Gasteiger partial charge < -0.3 is 25.0 Å². The number of benzene rings is 2. The van der Waals surface area contributed by atoms with Crippen LogP contribution in [0.1, 0.15) is 31.7 Å². The molecule has 4 rings (SSSR count). The first-order valence-corrected chi connectivity index (χ1v) is 10.5. The van der Waals surface area contributed by atoms with Gasteiger partial charge in [-0.1, -0.05) is 25.5 Å². The third-order valence-corrected chi connectivity index (χ3v) is 5.33. The van der Waals surface area contributed by atoms with Crippen LogP contribution in [0.15, 0.2) is 42.5 Å². The molecule has 0 spiro atoms. The fourth-order valence-corrected chi connectivity index (χ4v) is 3.74. The van der Waals surface area contributed by atoms with Crippen molar-refractivity contribution in [3.05, 3.63) is 48.0 Å². The highest BCUT2D eigenvalue weighted by Gasteiger charge is 2.32. The zero-order chi connectivity index (χ0) is 20.9. The van der Waals surface area contributed by atoms with Crippen molar-refractivity contribution in [2.45, 2.75) is 38.6 Å². The van der Waals surface area contributed by atoms with Crippen LogP contribution in [0.4, 0.5) is 16.2 Å². The lowest BCUT2D eigenvalue weighted by Gasteiger charge is -2.22. The van der Waals surface area contributed by atoms with Crippen molar-refractivity contribution in [1.82, 2.24) is 5.32 Å². The van der Waals surface area contributed by atoms with Gasteiger partial charge in [-0.2, -0.15) is 0 Å². The van der Waals surface area contributed by atoms with Crippen molar-refractivity contribution in [1.29, 1.82) is 0 Å². The van der Waals surface area contributed by atoms with Gasteiger partial charge in [-0.25, -0.2) is 4.79 Å². The summed E-state index contributed by atoms with van der Waals surface area (Å²) in [7, 11) is 0. The molecule has 1 atom stereocenters. The Balaban J connectivity index is 1.32. The van der Waals surface area contributed by atoms with Crippen LogP contribution in [0.25, 0.3) is 0 Å². The molecule has 0 unspecified atom stereocenters.